The number of aldehydes is 1. The summed E-state index contributed by atoms with van der Waals surface area (Å²) in [5.41, 5.74) is 2.88. The van der Waals surface area contributed by atoms with Crippen LogP contribution in [0.15, 0.2) is 48.5 Å². The van der Waals surface area contributed by atoms with Crippen LogP contribution in [-0.4, -0.2) is 49.2 Å². The summed E-state index contributed by atoms with van der Waals surface area (Å²) in [5.74, 6) is 1.34. The van der Waals surface area contributed by atoms with Crippen LogP contribution in [0.3, 0.4) is 0 Å². The molecule has 0 atom stereocenters. The second-order valence-electron chi connectivity index (χ2n) is 6.75. The fraction of sp³-hybridized carbons (Fsp3) is 0.480. The number of ether oxygens (including phenoxy) is 3. The molecular weight excluding hydrogens is 396 g/mol. The van der Waals surface area contributed by atoms with E-state index in [0.717, 1.165) is 30.8 Å². The molecule has 2 N–H and O–H groups in total. The summed E-state index contributed by atoms with van der Waals surface area (Å²) >= 11 is 0. The molecule has 0 aromatic heterocycles. The van der Waals surface area contributed by atoms with Crippen molar-refractivity contribution < 1.29 is 29.2 Å². The molecule has 0 aliphatic rings. The van der Waals surface area contributed by atoms with Crippen molar-refractivity contribution >= 4 is 6.29 Å². The average molecular weight is 435 g/mol. The van der Waals surface area contributed by atoms with Crippen LogP contribution >= 0.6 is 0 Å². The fourth-order valence-corrected chi connectivity index (χ4v) is 2.41. The van der Waals surface area contributed by atoms with E-state index in [1.807, 2.05) is 51.1 Å². The lowest BCUT2D eigenvalue weighted by Gasteiger charge is -2.10. The highest BCUT2D eigenvalue weighted by Crippen LogP contribution is 2.19. The van der Waals surface area contributed by atoms with E-state index in [0.29, 0.717) is 18.1 Å². The van der Waals surface area contributed by atoms with Crippen LogP contribution in [0.4, 0.5) is 0 Å². The lowest BCUT2D eigenvalue weighted by atomic mass is 10.0. The van der Waals surface area contributed by atoms with Crippen molar-refractivity contribution in [1.82, 2.24) is 0 Å². The van der Waals surface area contributed by atoms with Gasteiger partial charge in [0, 0.05) is 18.8 Å². The van der Waals surface area contributed by atoms with E-state index in [4.69, 9.17) is 24.4 Å². The van der Waals surface area contributed by atoms with Crippen LogP contribution in [0.1, 0.15) is 62.0 Å². The van der Waals surface area contributed by atoms with Crippen LogP contribution in [0.5, 0.6) is 5.75 Å². The Balaban J connectivity index is 0.000000625. The highest BCUT2D eigenvalue weighted by atomic mass is 16.7. The van der Waals surface area contributed by atoms with Gasteiger partial charge in [-0.1, -0.05) is 50.2 Å². The van der Waals surface area contributed by atoms with Gasteiger partial charge in [0.05, 0.1) is 13.2 Å². The summed E-state index contributed by atoms with van der Waals surface area (Å²) < 4.78 is 15.8. The van der Waals surface area contributed by atoms with Crippen LogP contribution in [-0.2, 0) is 16.1 Å². The van der Waals surface area contributed by atoms with Gasteiger partial charge in [-0.05, 0) is 49.9 Å². The Morgan fingerprint density at radius 1 is 0.871 bits per heavy atom. The van der Waals surface area contributed by atoms with Crippen LogP contribution in [0.2, 0.25) is 0 Å². The number of rotatable bonds is 10. The van der Waals surface area contributed by atoms with E-state index < -0.39 is 0 Å². The summed E-state index contributed by atoms with van der Waals surface area (Å²) in [4.78, 5) is 10.9. The maximum Gasteiger partial charge on any atom is 0.154 e. The molecule has 6 nitrogen and oxygen atoms in total. The van der Waals surface area contributed by atoms with Crippen molar-refractivity contribution in [2.45, 2.75) is 53.4 Å². The summed E-state index contributed by atoms with van der Waals surface area (Å²) in [6, 6.07) is 15.6. The first-order valence-corrected chi connectivity index (χ1v) is 10.6. The average Bonchev–Trinajstić information content (AvgIpc) is 2.79. The maximum absolute atomic E-state index is 10.9. The van der Waals surface area contributed by atoms with Crippen molar-refractivity contribution in [2.75, 3.05) is 26.4 Å². The first-order valence-electron chi connectivity index (χ1n) is 10.6. The molecule has 174 valence electrons. The zero-order valence-corrected chi connectivity index (χ0v) is 19.4. The minimum Gasteiger partial charge on any atom is -0.489 e. The molecule has 0 amide bonds. The molecule has 0 bridgehead atoms. The smallest absolute Gasteiger partial charge is 0.154 e. The van der Waals surface area contributed by atoms with Gasteiger partial charge in [0.15, 0.2) is 6.29 Å². The van der Waals surface area contributed by atoms with Gasteiger partial charge in [0.2, 0.25) is 0 Å². The molecule has 0 fully saturated rings. The van der Waals surface area contributed by atoms with Crippen molar-refractivity contribution in [3.05, 3.63) is 65.2 Å². The summed E-state index contributed by atoms with van der Waals surface area (Å²) in [5, 5.41) is 15.2. The van der Waals surface area contributed by atoms with Crippen molar-refractivity contribution in [3.8, 4) is 5.75 Å². The Kier molecular flexibility index (Phi) is 17.2. The normalized spacial score (nSPS) is 10.1. The molecular formula is C25H38O6. The number of carbonyl (C=O) groups is 1. The molecule has 0 aliphatic carbocycles. The predicted molar refractivity (Wildman–Crippen MR) is 124 cm³/mol. The quantitative estimate of drug-likeness (QED) is 0.421. The molecule has 2 rings (SSSR count). The van der Waals surface area contributed by atoms with Crippen molar-refractivity contribution in [3.63, 3.8) is 0 Å². The van der Waals surface area contributed by atoms with Gasteiger partial charge in [0.1, 0.15) is 18.6 Å². The number of hydrogen-bond donors (Lipinski definition) is 2. The molecule has 31 heavy (non-hydrogen) atoms. The highest BCUT2D eigenvalue weighted by Gasteiger charge is 2.03. The standard InChI is InChI=1S/C17H18O2.C6H14O2.C2H6O2/c1-13(2)14-7-9-17(10-8-14)19-12-16-6-4-3-5-15(16)11-18;1-4-7-6(3)8-5-2;3-1-2-4/h3-11,13H,12H2,1-2H3;6H,4-5H2,1-3H3;3-4H,1-2H2. The van der Waals surface area contributed by atoms with E-state index in [1.54, 1.807) is 6.07 Å². The van der Waals surface area contributed by atoms with Crippen molar-refractivity contribution in [2.24, 2.45) is 0 Å². The number of carbonyl (C=O) groups excluding carboxylic acids is 1. The van der Waals surface area contributed by atoms with E-state index >= 15 is 0 Å². The van der Waals surface area contributed by atoms with Gasteiger partial charge >= 0.3 is 0 Å². The lowest BCUT2D eigenvalue weighted by Crippen LogP contribution is -2.11. The first-order chi connectivity index (χ1) is 14.9. The van der Waals surface area contributed by atoms with Gasteiger partial charge in [-0.3, -0.25) is 4.79 Å². The Morgan fingerprint density at radius 2 is 1.42 bits per heavy atom. The zero-order valence-electron chi connectivity index (χ0n) is 19.4. The maximum atomic E-state index is 10.9. The van der Waals surface area contributed by atoms with Crippen molar-refractivity contribution in [1.29, 1.82) is 0 Å². The van der Waals surface area contributed by atoms with E-state index in [-0.39, 0.29) is 19.5 Å². The number of aliphatic hydroxyl groups is 2. The third-order valence-electron chi connectivity index (χ3n) is 4.03. The summed E-state index contributed by atoms with van der Waals surface area (Å²) in [6.45, 7) is 11.7. The fourth-order valence-electron chi connectivity index (χ4n) is 2.41. The monoisotopic (exact) mass is 434 g/mol. The zero-order chi connectivity index (χ0) is 23.5. The Hall–Kier alpha value is -2.25. The summed E-state index contributed by atoms with van der Waals surface area (Å²) in [6.07, 6.45) is 0.825. The van der Waals surface area contributed by atoms with Gasteiger partial charge < -0.3 is 24.4 Å². The minimum atomic E-state index is -0.125. The van der Waals surface area contributed by atoms with E-state index in [2.05, 4.69) is 26.0 Å². The Labute approximate surface area is 186 Å². The predicted octanol–water partition coefficient (Wildman–Crippen LogP) is 4.58. The summed E-state index contributed by atoms with van der Waals surface area (Å²) in [7, 11) is 0. The molecule has 2 aromatic rings. The highest BCUT2D eigenvalue weighted by molar-refractivity contribution is 5.77. The largest absolute Gasteiger partial charge is 0.489 e. The lowest BCUT2D eigenvalue weighted by molar-refractivity contribution is -0.123. The van der Waals surface area contributed by atoms with Gasteiger partial charge in [0.25, 0.3) is 0 Å². The van der Waals surface area contributed by atoms with E-state index in [1.165, 1.54) is 5.56 Å². The van der Waals surface area contributed by atoms with Crippen LogP contribution in [0, 0.1) is 0 Å². The number of benzene rings is 2. The topological polar surface area (TPSA) is 85.2 Å². The molecule has 0 unspecified atom stereocenters. The molecule has 0 spiro atoms. The van der Waals surface area contributed by atoms with Gasteiger partial charge in [-0.25, -0.2) is 0 Å². The number of aliphatic hydroxyl groups excluding tert-OH is 2. The third kappa shape index (κ3) is 13.6. The van der Waals surface area contributed by atoms with Gasteiger partial charge in [-0.15, -0.1) is 0 Å². The Bertz CT molecular complexity index is 677. The molecule has 2 aromatic carbocycles. The van der Waals surface area contributed by atoms with E-state index in [9.17, 15) is 4.79 Å². The molecule has 0 radical (unpaired) electrons. The minimum absolute atomic E-state index is 0.0370. The molecule has 0 saturated heterocycles. The third-order valence-corrected chi connectivity index (χ3v) is 4.03. The molecule has 6 heteroatoms. The van der Waals surface area contributed by atoms with Crippen LogP contribution < -0.4 is 4.74 Å². The van der Waals surface area contributed by atoms with Gasteiger partial charge in [-0.2, -0.15) is 0 Å². The molecule has 0 saturated carbocycles. The second-order valence-corrected chi connectivity index (χ2v) is 6.75. The van der Waals surface area contributed by atoms with Crippen LogP contribution in [0.25, 0.3) is 0 Å². The second kappa shape index (κ2) is 18.5. The SMILES string of the molecule is CC(C)c1ccc(OCc2ccccc2C=O)cc1.CCOC(C)OCC.OCCO. The molecule has 0 heterocycles. The first kappa shape index (κ1) is 28.8. The number of hydrogen-bond acceptors (Lipinski definition) is 6. The Morgan fingerprint density at radius 3 is 1.87 bits per heavy atom. The molecule has 0 aliphatic heterocycles.